The molecule has 0 unspecified atom stereocenters. The number of halogens is 2. The van der Waals surface area contributed by atoms with E-state index in [1.165, 1.54) is 18.2 Å². The summed E-state index contributed by atoms with van der Waals surface area (Å²) in [5.41, 5.74) is 6.58. The van der Waals surface area contributed by atoms with E-state index in [0.29, 0.717) is 36.5 Å². The molecule has 5 rings (SSSR count). The first-order chi connectivity index (χ1) is 15.2. The van der Waals surface area contributed by atoms with Crippen LogP contribution in [0.25, 0.3) is 11.3 Å². The van der Waals surface area contributed by atoms with E-state index in [1.54, 1.807) is 9.58 Å². The van der Waals surface area contributed by atoms with Gasteiger partial charge in [-0.15, -0.1) is 0 Å². The van der Waals surface area contributed by atoms with Crippen molar-refractivity contribution in [3.63, 3.8) is 0 Å². The van der Waals surface area contributed by atoms with Gasteiger partial charge in [0.25, 0.3) is 5.91 Å². The normalized spacial score (nSPS) is 26.0. The van der Waals surface area contributed by atoms with Crippen molar-refractivity contribution in [2.45, 2.75) is 50.7 Å². The number of carbonyl (C=O) groups is 2. The minimum absolute atomic E-state index is 0.0780. The number of urea groups is 1. The Kier molecular flexibility index (Phi) is 4.67. The lowest BCUT2D eigenvalue weighted by Gasteiger charge is -2.34. The van der Waals surface area contributed by atoms with E-state index in [4.69, 9.17) is 17.3 Å². The third kappa shape index (κ3) is 3.21. The molecule has 0 saturated heterocycles. The lowest BCUT2D eigenvalue weighted by Crippen LogP contribution is -2.52. The highest BCUT2D eigenvalue weighted by atomic mass is 35.5. The number of hydrogen-bond acceptors (Lipinski definition) is 4. The second-order valence-electron chi connectivity index (χ2n) is 9.09. The Bertz CT molecular complexity index is 1180. The number of primary amides is 1. The van der Waals surface area contributed by atoms with E-state index >= 15 is 0 Å². The van der Waals surface area contributed by atoms with Gasteiger partial charge in [-0.3, -0.25) is 9.48 Å². The monoisotopic (exact) mass is 456 g/mol. The molecule has 8 nitrogen and oxygen atoms in total. The zero-order valence-electron chi connectivity index (χ0n) is 17.3. The summed E-state index contributed by atoms with van der Waals surface area (Å²) in [5.74, 6) is -1.24. The summed E-state index contributed by atoms with van der Waals surface area (Å²) in [6.45, 7) is 0.987. The molecule has 2 saturated carbocycles. The molecule has 0 spiro atoms. The van der Waals surface area contributed by atoms with Gasteiger partial charge in [-0.25, -0.2) is 9.18 Å². The van der Waals surface area contributed by atoms with Gasteiger partial charge in [0.15, 0.2) is 0 Å². The molecular formula is C22H22ClFN6O2. The maximum absolute atomic E-state index is 13.6. The van der Waals surface area contributed by atoms with Gasteiger partial charge in [0.2, 0.25) is 0 Å². The molecule has 2 heterocycles. The summed E-state index contributed by atoms with van der Waals surface area (Å²) >= 11 is 5.91. The molecule has 3 aliphatic rings. The predicted octanol–water partition coefficient (Wildman–Crippen LogP) is 3.19. The largest absolute Gasteiger partial charge is 0.365 e. The van der Waals surface area contributed by atoms with E-state index in [-0.39, 0.29) is 34.1 Å². The van der Waals surface area contributed by atoms with Crippen molar-refractivity contribution >= 4 is 23.5 Å². The molecule has 1 aromatic carbocycles. The molecule has 3 amide bonds. The van der Waals surface area contributed by atoms with Gasteiger partial charge in [-0.05, 0) is 50.3 Å². The Balaban J connectivity index is 1.40. The van der Waals surface area contributed by atoms with Crippen LogP contribution in [0.2, 0.25) is 5.02 Å². The van der Waals surface area contributed by atoms with Gasteiger partial charge < -0.3 is 16.0 Å². The maximum atomic E-state index is 13.6. The number of hydrogen-bond donors (Lipinski definition) is 2. The minimum atomic E-state index is -0.673. The number of rotatable bonds is 3. The molecule has 0 radical (unpaired) electrons. The smallest absolute Gasteiger partial charge is 0.318 e. The summed E-state index contributed by atoms with van der Waals surface area (Å²) in [6, 6.07) is 6.34. The topological polar surface area (TPSA) is 117 Å². The van der Waals surface area contributed by atoms with E-state index in [9.17, 15) is 19.2 Å². The van der Waals surface area contributed by atoms with Crippen LogP contribution in [0, 0.1) is 22.6 Å². The zero-order chi connectivity index (χ0) is 22.7. The van der Waals surface area contributed by atoms with Crippen molar-refractivity contribution < 1.29 is 14.0 Å². The average molecular weight is 457 g/mol. The Hall–Kier alpha value is -3.12. The third-order valence-electron chi connectivity index (χ3n) is 7.16. The number of amides is 3. The Morgan fingerprint density at radius 2 is 2.00 bits per heavy atom. The first-order valence-corrected chi connectivity index (χ1v) is 11.0. The molecule has 0 atom stereocenters. The molecule has 2 aromatic rings. The van der Waals surface area contributed by atoms with Crippen molar-refractivity contribution in [1.82, 2.24) is 20.0 Å². The number of carbonyl (C=O) groups excluding carboxylic acids is 2. The molecule has 10 heteroatoms. The maximum Gasteiger partial charge on any atom is 0.318 e. The number of benzene rings is 1. The number of nitriles is 1. The van der Waals surface area contributed by atoms with E-state index in [1.807, 2.05) is 0 Å². The highest BCUT2D eigenvalue weighted by molar-refractivity contribution is 6.31. The van der Waals surface area contributed by atoms with E-state index < -0.39 is 11.7 Å². The SMILES string of the molecule is N#CC12CCC(NC(=O)N3CCn4nc(-c5ccc(F)c(Cl)c5)c(C(N)=O)c4C3)(CC1)C2. The fourth-order valence-electron chi connectivity index (χ4n) is 5.43. The van der Waals surface area contributed by atoms with Crippen LogP contribution in [-0.4, -0.2) is 38.7 Å². The second kappa shape index (κ2) is 7.20. The summed E-state index contributed by atoms with van der Waals surface area (Å²) < 4.78 is 15.3. The van der Waals surface area contributed by atoms with Crippen molar-refractivity contribution in [2.75, 3.05) is 6.54 Å². The van der Waals surface area contributed by atoms with Crippen molar-refractivity contribution in [3.8, 4) is 17.3 Å². The Morgan fingerprint density at radius 3 is 2.62 bits per heavy atom. The Morgan fingerprint density at radius 1 is 1.25 bits per heavy atom. The fraction of sp³-hybridized carbons (Fsp3) is 0.455. The number of nitrogens with one attached hydrogen (secondary N) is 1. The van der Waals surface area contributed by atoms with Crippen LogP contribution < -0.4 is 11.1 Å². The second-order valence-corrected chi connectivity index (χ2v) is 9.49. The lowest BCUT2D eigenvalue weighted by molar-refractivity contribution is 0.0997. The molecule has 166 valence electrons. The summed E-state index contributed by atoms with van der Waals surface area (Å²) in [7, 11) is 0. The molecule has 2 fully saturated rings. The number of nitrogens with zero attached hydrogens (tertiary/aromatic N) is 4. The van der Waals surface area contributed by atoms with Gasteiger partial charge in [-0.2, -0.15) is 10.4 Å². The quantitative estimate of drug-likeness (QED) is 0.737. The van der Waals surface area contributed by atoms with Gasteiger partial charge >= 0.3 is 6.03 Å². The van der Waals surface area contributed by atoms with Crippen LogP contribution >= 0.6 is 11.6 Å². The molecule has 1 aromatic heterocycles. The molecule has 32 heavy (non-hydrogen) atoms. The summed E-state index contributed by atoms with van der Waals surface area (Å²) in [6.07, 6.45) is 3.92. The Labute approximate surface area is 189 Å². The molecule has 2 aliphatic carbocycles. The van der Waals surface area contributed by atoms with Crippen LogP contribution in [0.15, 0.2) is 18.2 Å². The average Bonchev–Trinajstić information content (AvgIpc) is 3.44. The molecular weight excluding hydrogens is 435 g/mol. The standard InChI is InChI=1S/C22H22ClFN6O2/c23-14-9-13(1-2-15(14)24)18-17(19(26)31)16-10-29(7-8-30(16)28-18)20(32)27-22-5-3-21(11-22,12-25)4-6-22/h1-2,9H,3-8,10-11H2,(H2,26,31)(H,27,32). The lowest BCUT2D eigenvalue weighted by atomic mass is 9.86. The number of nitrogens with two attached hydrogens (primary N) is 1. The van der Waals surface area contributed by atoms with E-state index in [0.717, 1.165) is 25.7 Å². The van der Waals surface area contributed by atoms with Crippen LogP contribution in [0.1, 0.15) is 48.2 Å². The van der Waals surface area contributed by atoms with Crippen molar-refractivity contribution in [1.29, 1.82) is 5.26 Å². The van der Waals surface area contributed by atoms with Gasteiger partial charge in [0.1, 0.15) is 11.5 Å². The number of fused-ring (bicyclic) bond motifs is 3. The summed E-state index contributed by atoms with van der Waals surface area (Å²) in [4.78, 5) is 27.1. The van der Waals surface area contributed by atoms with Crippen molar-refractivity contribution in [3.05, 3.63) is 40.3 Å². The van der Waals surface area contributed by atoms with Crippen LogP contribution in [0.4, 0.5) is 9.18 Å². The van der Waals surface area contributed by atoms with Crippen LogP contribution in [-0.2, 0) is 13.1 Å². The summed E-state index contributed by atoms with van der Waals surface area (Å²) in [5, 5.41) is 17.1. The molecule has 3 N–H and O–H groups in total. The predicted molar refractivity (Wildman–Crippen MR) is 114 cm³/mol. The fourth-order valence-corrected chi connectivity index (χ4v) is 5.61. The highest BCUT2D eigenvalue weighted by Crippen LogP contribution is 2.56. The third-order valence-corrected chi connectivity index (χ3v) is 7.45. The van der Waals surface area contributed by atoms with Crippen LogP contribution in [0.5, 0.6) is 0 Å². The molecule has 2 bridgehead atoms. The number of aromatic nitrogens is 2. The van der Waals surface area contributed by atoms with Crippen molar-refractivity contribution in [2.24, 2.45) is 11.1 Å². The van der Waals surface area contributed by atoms with Gasteiger partial charge in [-0.1, -0.05) is 11.6 Å². The highest BCUT2D eigenvalue weighted by Gasteiger charge is 2.55. The van der Waals surface area contributed by atoms with Gasteiger partial charge in [0, 0.05) is 17.6 Å². The van der Waals surface area contributed by atoms with E-state index in [2.05, 4.69) is 16.5 Å². The van der Waals surface area contributed by atoms with Crippen LogP contribution in [0.3, 0.4) is 0 Å². The zero-order valence-corrected chi connectivity index (χ0v) is 18.1. The first kappa shape index (κ1) is 20.8. The first-order valence-electron chi connectivity index (χ1n) is 10.6. The molecule has 1 aliphatic heterocycles. The minimum Gasteiger partial charge on any atom is -0.365 e. The van der Waals surface area contributed by atoms with Gasteiger partial charge in [0.05, 0.1) is 40.9 Å².